The monoisotopic (exact) mass is 278 g/mol. The van der Waals surface area contributed by atoms with Gasteiger partial charge in [0, 0.05) is 20.2 Å². The van der Waals surface area contributed by atoms with E-state index in [2.05, 4.69) is 30.5 Å². The third-order valence-electron chi connectivity index (χ3n) is 3.06. The molecule has 112 valence electrons. The van der Waals surface area contributed by atoms with Gasteiger partial charge in [-0.15, -0.1) is 0 Å². The SMILES string of the molecule is COCc1ccccc1CNCC(=O)NCCC(C)C. The summed E-state index contributed by atoms with van der Waals surface area (Å²) in [4.78, 5) is 11.6. The maximum Gasteiger partial charge on any atom is 0.233 e. The van der Waals surface area contributed by atoms with Gasteiger partial charge in [-0.3, -0.25) is 4.79 Å². The Hall–Kier alpha value is -1.39. The predicted molar refractivity (Wildman–Crippen MR) is 81.3 cm³/mol. The molecule has 4 heteroatoms. The van der Waals surface area contributed by atoms with Gasteiger partial charge >= 0.3 is 0 Å². The largest absolute Gasteiger partial charge is 0.380 e. The molecule has 0 saturated heterocycles. The zero-order chi connectivity index (χ0) is 14.8. The van der Waals surface area contributed by atoms with Crippen molar-refractivity contribution in [1.82, 2.24) is 10.6 Å². The first-order chi connectivity index (χ1) is 9.63. The molecule has 0 aliphatic rings. The van der Waals surface area contributed by atoms with E-state index >= 15 is 0 Å². The second-order valence-corrected chi connectivity index (χ2v) is 5.34. The van der Waals surface area contributed by atoms with Crippen molar-refractivity contribution in [3.05, 3.63) is 35.4 Å². The number of carbonyl (C=O) groups is 1. The van der Waals surface area contributed by atoms with Crippen molar-refractivity contribution in [1.29, 1.82) is 0 Å². The Labute approximate surface area is 121 Å². The lowest BCUT2D eigenvalue weighted by atomic mass is 10.1. The standard InChI is InChI=1S/C16H26N2O2/c1-13(2)8-9-18-16(19)11-17-10-14-6-4-5-7-15(14)12-20-3/h4-7,13,17H,8-12H2,1-3H3,(H,18,19). The molecule has 0 unspecified atom stereocenters. The summed E-state index contributed by atoms with van der Waals surface area (Å²) >= 11 is 0. The third-order valence-corrected chi connectivity index (χ3v) is 3.06. The number of methoxy groups -OCH3 is 1. The van der Waals surface area contributed by atoms with E-state index in [0.29, 0.717) is 25.6 Å². The Kier molecular flexibility index (Phi) is 7.92. The number of benzene rings is 1. The molecule has 0 aromatic heterocycles. The molecule has 0 radical (unpaired) electrons. The van der Waals surface area contributed by atoms with Crippen LogP contribution in [-0.4, -0.2) is 26.1 Å². The molecule has 2 N–H and O–H groups in total. The van der Waals surface area contributed by atoms with Crippen molar-refractivity contribution in [2.24, 2.45) is 5.92 Å². The molecule has 1 amide bonds. The van der Waals surface area contributed by atoms with Gasteiger partial charge in [0.25, 0.3) is 0 Å². The number of rotatable bonds is 9. The van der Waals surface area contributed by atoms with Gasteiger partial charge in [-0.05, 0) is 23.5 Å². The third kappa shape index (κ3) is 6.68. The molecule has 0 atom stereocenters. The van der Waals surface area contributed by atoms with E-state index in [4.69, 9.17) is 4.74 Å². The normalized spacial score (nSPS) is 10.8. The number of carbonyl (C=O) groups excluding carboxylic acids is 1. The number of hydrogen-bond acceptors (Lipinski definition) is 3. The van der Waals surface area contributed by atoms with Gasteiger partial charge in [0.1, 0.15) is 0 Å². The number of amides is 1. The highest BCUT2D eigenvalue weighted by Gasteiger charge is 2.04. The average Bonchev–Trinajstić information content (AvgIpc) is 2.40. The molecule has 0 aliphatic heterocycles. The van der Waals surface area contributed by atoms with Gasteiger partial charge < -0.3 is 15.4 Å². The Morgan fingerprint density at radius 1 is 1.25 bits per heavy atom. The minimum Gasteiger partial charge on any atom is -0.380 e. The molecule has 0 heterocycles. The van der Waals surface area contributed by atoms with Crippen LogP contribution in [0.15, 0.2) is 24.3 Å². The lowest BCUT2D eigenvalue weighted by molar-refractivity contribution is -0.120. The predicted octanol–water partition coefficient (Wildman–Crippen LogP) is 2.08. The molecular weight excluding hydrogens is 252 g/mol. The van der Waals surface area contributed by atoms with E-state index in [1.165, 1.54) is 5.56 Å². The van der Waals surface area contributed by atoms with Crippen LogP contribution in [0.25, 0.3) is 0 Å². The number of hydrogen-bond donors (Lipinski definition) is 2. The molecule has 1 rings (SSSR count). The molecule has 20 heavy (non-hydrogen) atoms. The van der Waals surface area contributed by atoms with Gasteiger partial charge in [0.05, 0.1) is 13.2 Å². The number of ether oxygens (including phenoxy) is 1. The first kappa shape index (κ1) is 16.7. The van der Waals surface area contributed by atoms with Crippen LogP contribution in [-0.2, 0) is 22.7 Å². The molecule has 0 bridgehead atoms. The zero-order valence-corrected chi connectivity index (χ0v) is 12.7. The fourth-order valence-corrected chi connectivity index (χ4v) is 1.90. The van der Waals surface area contributed by atoms with Crippen LogP contribution in [0.3, 0.4) is 0 Å². The molecule has 0 fully saturated rings. The molecule has 0 aliphatic carbocycles. The first-order valence-electron chi connectivity index (χ1n) is 7.16. The molecule has 0 spiro atoms. The summed E-state index contributed by atoms with van der Waals surface area (Å²) < 4.78 is 5.16. The summed E-state index contributed by atoms with van der Waals surface area (Å²) in [6, 6.07) is 8.09. The highest BCUT2D eigenvalue weighted by atomic mass is 16.5. The Bertz CT molecular complexity index is 405. The molecule has 1 aromatic carbocycles. The van der Waals surface area contributed by atoms with Crippen molar-refractivity contribution < 1.29 is 9.53 Å². The van der Waals surface area contributed by atoms with Crippen LogP contribution in [0.5, 0.6) is 0 Å². The van der Waals surface area contributed by atoms with Gasteiger partial charge in [0.15, 0.2) is 0 Å². The summed E-state index contributed by atoms with van der Waals surface area (Å²) in [5, 5.41) is 6.08. The second kappa shape index (κ2) is 9.50. The maximum absolute atomic E-state index is 11.6. The summed E-state index contributed by atoms with van der Waals surface area (Å²) in [5.74, 6) is 0.666. The van der Waals surface area contributed by atoms with E-state index < -0.39 is 0 Å². The van der Waals surface area contributed by atoms with Gasteiger partial charge in [-0.1, -0.05) is 38.1 Å². The zero-order valence-electron chi connectivity index (χ0n) is 12.7. The van der Waals surface area contributed by atoms with Crippen LogP contribution in [0, 0.1) is 5.92 Å². The minimum absolute atomic E-state index is 0.0508. The van der Waals surface area contributed by atoms with Crippen LogP contribution >= 0.6 is 0 Å². The van der Waals surface area contributed by atoms with Crippen molar-refractivity contribution >= 4 is 5.91 Å². The quantitative estimate of drug-likeness (QED) is 0.727. The lowest BCUT2D eigenvalue weighted by Gasteiger charge is -2.11. The van der Waals surface area contributed by atoms with E-state index in [0.717, 1.165) is 18.5 Å². The van der Waals surface area contributed by atoms with Crippen LogP contribution in [0.2, 0.25) is 0 Å². The van der Waals surface area contributed by atoms with Crippen LogP contribution < -0.4 is 10.6 Å². The van der Waals surface area contributed by atoms with E-state index in [-0.39, 0.29) is 5.91 Å². The van der Waals surface area contributed by atoms with Crippen LogP contribution in [0.1, 0.15) is 31.4 Å². The maximum atomic E-state index is 11.6. The Morgan fingerprint density at radius 2 is 1.95 bits per heavy atom. The summed E-state index contributed by atoms with van der Waals surface area (Å²) in [5.41, 5.74) is 2.33. The highest BCUT2D eigenvalue weighted by molar-refractivity contribution is 5.77. The van der Waals surface area contributed by atoms with Gasteiger partial charge in [-0.25, -0.2) is 0 Å². The average molecular weight is 278 g/mol. The van der Waals surface area contributed by atoms with E-state index in [9.17, 15) is 4.79 Å². The fourth-order valence-electron chi connectivity index (χ4n) is 1.90. The fraction of sp³-hybridized carbons (Fsp3) is 0.562. The highest BCUT2D eigenvalue weighted by Crippen LogP contribution is 2.09. The second-order valence-electron chi connectivity index (χ2n) is 5.34. The van der Waals surface area contributed by atoms with Gasteiger partial charge in [-0.2, -0.15) is 0 Å². The van der Waals surface area contributed by atoms with E-state index in [1.807, 2.05) is 18.2 Å². The first-order valence-corrected chi connectivity index (χ1v) is 7.16. The topological polar surface area (TPSA) is 50.4 Å². The Balaban J connectivity index is 2.28. The van der Waals surface area contributed by atoms with Gasteiger partial charge in [0.2, 0.25) is 5.91 Å². The van der Waals surface area contributed by atoms with Crippen molar-refractivity contribution in [2.45, 2.75) is 33.4 Å². The lowest BCUT2D eigenvalue weighted by Crippen LogP contribution is -2.34. The summed E-state index contributed by atoms with van der Waals surface area (Å²) in [6.45, 7) is 6.67. The molecule has 1 aromatic rings. The summed E-state index contributed by atoms with van der Waals surface area (Å²) in [6.07, 6.45) is 1.02. The summed E-state index contributed by atoms with van der Waals surface area (Å²) in [7, 11) is 1.69. The Morgan fingerprint density at radius 3 is 2.60 bits per heavy atom. The van der Waals surface area contributed by atoms with Crippen LogP contribution in [0.4, 0.5) is 0 Å². The minimum atomic E-state index is 0.0508. The van der Waals surface area contributed by atoms with Crippen molar-refractivity contribution in [3.63, 3.8) is 0 Å². The van der Waals surface area contributed by atoms with E-state index in [1.54, 1.807) is 7.11 Å². The smallest absolute Gasteiger partial charge is 0.233 e. The molecular formula is C16H26N2O2. The molecule has 0 saturated carbocycles. The van der Waals surface area contributed by atoms with Crippen molar-refractivity contribution in [3.8, 4) is 0 Å². The number of nitrogens with one attached hydrogen (secondary N) is 2. The van der Waals surface area contributed by atoms with Crippen molar-refractivity contribution in [2.75, 3.05) is 20.2 Å². The molecule has 4 nitrogen and oxygen atoms in total.